The number of aliphatic carboxylic acids is 1. The van der Waals surface area contributed by atoms with Crippen LogP contribution in [0.25, 0.3) is 0 Å². The highest BCUT2D eigenvalue weighted by Crippen LogP contribution is 2.22. The number of unbranched alkanes of at least 4 members (excludes halogenated alkanes) is 1. The summed E-state index contributed by atoms with van der Waals surface area (Å²) in [6.07, 6.45) is 6.05. The maximum atomic E-state index is 11.7. The van der Waals surface area contributed by atoms with Gasteiger partial charge in [0.2, 0.25) is 0 Å². The van der Waals surface area contributed by atoms with E-state index in [-0.39, 0.29) is 12.0 Å². The van der Waals surface area contributed by atoms with Gasteiger partial charge >= 0.3 is 11.9 Å². The Morgan fingerprint density at radius 3 is 2.88 bits per heavy atom. The Bertz CT molecular complexity index is 373. The third-order valence-corrected chi connectivity index (χ3v) is 2.56. The van der Waals surface area contributed by atoms with Gasteiger partial charge in [-0.05, 0) is 6.42 Å². The standard InChI is InChI=1S/C12H17NO4/c1-2-3-7-17-11(16)12(13)6-4-5-9(8-12)10(14)15/h4-6H,2-3,7-8,13H2,1H3,(H,14,15). The molecule has 0 aromatic carbocycles. The first-order valence-corrected chi connectivity index (χ1v) is 5.57. The van der Waals surface area contributed by atoms with Gasteiger partial charge < -0.3 is 15.6 Å². The lowest BCUT2D eigenvalue weighted by molar-refractivity contribution is -0.148. The van der Waals surface area contributed by atoms with E-state index in [1.165, 1.54) is 18.2 Å². The summed E-state index contributed by atoms with van der Waals surface area (Å²) in [5, 5.41) is 8.86. The van der Waals surface area contributed by atoms with Gasteiger partial charge in [-0.3, -0.25) is 0 Å². The number of carboxylic acids is 1. The van der Waals surface area contributed by atoms with Crippen LogP contribution in [0.1, 0.15) is 26.2 Å². The average molecular weight is 239 g/mol. The second-order valence-corrected chi connectivity index (χ2v) is 4.06. The van der Waals surface area contributed by atoms with Crippen molar-refractivity contribution in [3.63, 3.8) is 0 Å². The van der Waals surface area contributed by atoms with Crippen LogP contribution in [0.5, 0.6) is 0 Å². The molecule has 3 N–H and O–H groups in total. The number of hydrogen-bond acceptors (Lipinski definition) is 4. The molecule has 1 aliphatic carbocycles. The van der Waals surface area contributed by atoms with Gasteiger partial charge in [0.15, 0.2) is 0 Å². The fourth-order valence-corrected chi connectivity index (χ4v) is 1.50. The zero-order valence-corrected chi connectivity index (χ0v) is 9.81. The molecule has 1 rings (SSSR count). The fraction of sp³-hybridized carbons (Fsp3) is 0.500. The number of esters is 1. The van der Waals surface area contributed by atoms with E-state index in [4.69, 9.17) is 15.6 Å². The van der Waals surface area contributed by atoms with Crippen molar-refractivity contribution in [1.29, 1.82) is 0 Å². The molecule has 5 nitrogen and oxygen atoms in total. The zero-order valence-electron chi connectivity index (χ0n) is 9.81. The number of hydrogen-bond donors (Lipinski definition) is 2. The van der Waals surface area contributed by atoms with E-state index in [0.29, 0.717) is 6.61 Å². The summed E-state index contributed by atoms with van der Waals surface area (Å²) < 4.78 is 5.02. The summed E-state index contributed by atoms with van der Waals surface area (Å²) in [7, 11) is 0. The summed E-state index contributed by atoms with van der Waals surface area (Å²) >= 11 is 0. The lowest BCUT2D eigenvalue weighted by Gasteiger charge is -2.26. The Morgan fingerprint density at radius 2 is 2.29 bits per heavy atom. The maximum absolute atomic E-state index is 11.7. The zero-order chi connectivity index (χ0) is 12.9. The van der Waals surface area contributed by atoms with E-state index in [9.17, 15) is 9.59 Å². The van der Waals surface area contributed by atoms with Crippen molar-refractivity contribution in [3.8, 4) is 0 Å². The van der Waals surface area contributed by atoms with E-state index >= 15 is 0 Å². The molecule has 1 atom stereocenters. The van der Waals surface area contributed by atoms with Gasteiger partial charge in [0.1, 0.15) is 5.54 Å². The van der Waals surface area contributed by atoms with Crippen molar-refractivity contribution in [1.82, 2.24) is 0 Å². The minimum Gasteiger partial charge on any atom is -0.478 e. The molecule has 0 saturated carbocycles. The molecule has 1 unspecified atom stereocenters. The fourth-order valence-electron chi connectivity index (χ4n) is 1.50. The molecule has 0 spiro atoms. The van der Waals surface area contributed by atoms with Gasteiger partial charge in [-0.25, -0.2) is 9.59 Å². The van der Waals surface area contributed by atoms with Crippen molar-refractivity contribution in [3.05, 3.63) is 23.8 Å². The number of allylic oxidation sites excluding steroid dienone is 2. The van der Waals surface area contributed by atoms with Crippen LogP contribution in [-0.2, 0) is 14.3 Å². The van der Waals surface area contributed by atoms with Crippen LogP contribution in [0.3, 0.4) is 0 Å². The first kappa shape index (κ1) is 13.4. The number of carbonyl (C=O) groups is 2. The molecular weight excluding hydrogens is 222 g/mol. The lowest BCUT2D eigenvalue weighted by atomic mass is 9.87. The van der Waals surface area contributed by atoms with Crippen LogP contribution in [0.15, 0.2) is 23.8 Å². The van der Waals surface area contributed by atoms with E-state index in [1.54, 1.807) is 0 Å². The third-order valence-electron chi connectivity index (χ3n) is 2.56. The SMILES string of the molecule is CCCCOC(=O)C1(N)C=CC=C(C(=O)O)C1. The Labute approximate surface area is 99.9 Å². The molecule has 0 radical (unpaired) electrons. The van der Waals surface area contributed by atoms with Crippen molar-refractivity contribution in [2.24, 2.45) is 5.73 Å². The van der Waals surface area contributed by atoms with Crippen molar-refractivity contribution >= 4 is 11.9 Å². The predicted octanol–water partition coefficient (Wildman–Crippen LogP) is 0.998. The Hall–Kier alpha value is -1.62. The maximum Gasteiger partial charge on any atom is 0.331 e. The van der Waals surface area contributed by atoms with Gasteiger partial charge in [0.05, 0.1) is 6.61 Å². The molecule has 0 amide bonds. The molecule has 0 aromatic rings. The monoisotopic (exact) mass is 239 g/mol. The largest absolute Gasteiger partial charge is 0.478 e. The number of nitrogens with two attached hydrogens (primary N) is 1. The second kappa shape index (κ2) is 5.63. The van der Waals surface area contributed by atoms with Gasteiger partial charge in [-0.1, -0.05) is 31.6 Å². The molecule has 0 aromatic heterocycles. The van der Waals surface area contributed by atoms with E-state index in [2.05, 4.69) is 0 Å². The summed E-state index contributed by atoms with van der Waals surface area (Å²) in [6, 6.07) is 0. The Balaban J connectivity index is 2.64. The molecular formula is C12H17NO4. The third kappa shape index (κ3) is 3.42. The number of rotatable bonds is 5. The quantitative estimate of drug-likeness (QED) is 0.551. The molecule has 0 heterocycles. The number of carboxylic acid groups (broad SMARTS) is 1. The highest BCUT2D eigenvalue weighted by Gasteiger charge is 2.36. The molecule has 5 heteroatoms. The first-order chi connectivity index (χ1) is 7.99. The van der Waals surface area contributed by atoms with Gasteiger partial charge in [0, 0.05) is 12.0 Å². The van der Waals surface area contributed by atoms with Crippen LogP contribution in [0, 0.1) is 0 Å². The Morgan fingerprint density at radius 1 is 1.59 bits per heavy atom. The lowest BCUT2D eigenvalue weighted by Crippen LogP contribution is -2.49. The van der Waals surface area contributed by atoms with Gasteiger partial charge in [-0.15, -0.1) is 0 Å². The normalized spacial score (nSPS) is 23.1. The van der Waals surface area contributed by atoms with Crippen LogP contribution >= 0.6 is 0 Å². The van der Waals surface area contributed by atoms with Gasteiger partial charge in [-0.2, -0.15) is 0 Å². The topological polar surface area (TPSA) is 89.6 Å². The predicted molar refractivity (Wildman–Crippen MR) is 62.3 cm³/mol. The Kier molecular flexibility index (Phi) is 4.45. The smallest absolute Gasteiger partial charge is 0.331 e. The van der Waals surface area contributed by atoms with Crippen molar-refractivity contribution < 1.29 is 19.4 Å². The molecule has 94 valence electrons. The molecule has 0 saturated heterocycles. The van der Waals surface area contributed by atoms with Crippen LogP contribution in [0.2, 0.25) is 0 Å². The number of ether oxygens (including phenoxy) is 1. The van der Waals surface area contributed by atoms with E-state index in [0.717, 1.165) is 12.8 Å². The molecule has 1 aliphatic rings. The highest BCUT2D eigenvalue weighted by molar-refractivity contribution is 5.92. The molecule has 17 heavy (non-hydrogen) atoms. The van der Waals surface area contributed by atoms with Crippen LogP contribution in [0.4, 0.5) is 0 Å². The van der Waals surface area contributed by atoms with Crippen LogP contribution < -0.4 is 5.73 Å². The minimum absolute atomic E-state index is 0.0379. The second-order valence-electron chi connectivity index (χ2n) is 4.06. The molecule has 0 aliphatic heterocycles. The molecule has 0 fully saturated rings. The van der Waals surface area contributed by atoms with Crippen LogP contribution in [-0.4, -0.2) is 29.2 Å². The van der Waals surface area contributed by atoms with E-state index < -0.39 is 17.5 Å². The van der Waals surface area contributed by atoms with E-state index in [1.807, 2.05) is 6.92 Å². The molecule has 0 bridgehead atoms. The summed E-state index contributed by atoms with van der Waals surface area (Å²) in [5.41, 5.74) is 4.61. The summed E-state index contributed by atoms with van der Waals surface area (Å²) in [6.45, 7) is 2.30. The van der Waals surface area contributed by atoms with Crippen molar-refractivity contribution in [2.75, 3.05) is 6.61 Å². The first-order valence-electron chi connectivity index (χ1n) is 5.57. The number of carbonyl (C=O) groups excluding carboxylic acids is 1. The highest BCUT2D eigenvalue weighted by atomic mass is 16.5. The van der Waals surface area contributed by atoms with Crippen molar-refractivity contribution in [2.45, 2.75) is 31.7 Å². The summed E-state index contributed by atoms with van der Waals surface area (Å²) in [4.78, 5) is 22.6. The van der Waals surface area contributed by atoms with Gasteiger partial charge in [0.25, 0.3) is 0 Å². The minimum atomic E-state index is -1.35. The average Bonchev–Trinajstić information content (AvgIpc) is 2.29. The summed E-state index contributed by atoms with van der Waals surface area (Å²) in [5.74, 6) is -1.64.